The maximum Gasteiger partial charge on any atom is 0.103 e. The summed E-state index contributed by atoms with van der Waals surface area (Å²) >= 11 is 3.43. The van der Waals surface area contributed by atoms with E-state index < -0.39 is 0 Å². The van der Waals surface area contributed by atoms with Crippen LogP contribution in [0.2, 0.25) is 0 Å². The number of nitriles is 1. The van der Waals surface area contributed by atoms with Crippen LogP contribution < -0.4 is 5.73 Å². The summed E-state index contributed by atoms with van der Waals surface area (Å²) in [6, 6.07) is 5.81. The van der Waals surface area contributed by atoms with Gasteiger partial charge < -0.3 is 5.73 Å². The Morgan fingerprint density at radius 3 is 2.87 bits per heavy atom. The number of nitrogens with two attached hydrogens (primary N) is 1. The van der Waals surface area contributed by atoms with E-state index in [2.05, 4.69) is 20.9 Å². The molecule has 2 aromatic rings. The normalized spacial score (nSPS) is 10.2. The summed E-state index contributed by atoms with van der Waals surface area (Å²) in [5, 5.41) is 9.65. The second-order valence-corrected chi connectivity index (χ2v) is 4.12. The van der Waals surface area contributed by atoms with Gasteiger partial charge in [-0.3, -0.25) is 4.98 Å². The second kappa shape index (κ2) is 3.52. The molecule has 0 radical (unpaired) electrons. The molecule has 4 heteroatoms. The zero-order valence-corrected chi connectivity index (χ0v) is 9.67. The van der Waals surface area contributed by atoms with Crippen molar-refractivity contribution >= 4 is 32.5 Å². The molecular weight excluding hydrogens is 254 g/mol. The summed E-state index contributed by atoms with van der Waals surface area (Å²) in [4.78, 5) is 4.24. The summed E-state index contributed by atoms with van der Waals surface area (Å²) in [6.45, 7) is 1.96. The molecule has 0 aliphatic rings. The molecule has 1 heterocycles. The fourth-order valence-electron chi connectivity index (χ4n) is 1.49. The third-order valence-electron chi connectivity index (χ3n) is 2.39. The maximum atomic E-state index is 8.82. The van der Waals surface area contributed by atoms with Crippen molar-refractivity contribution in [3.05, 3.63) is 33.9 Å². The Hall–Kier alpha value is -1.60. The van der Waals surface area contributed by atoms with E-state index in [-0.39, 0.29) is 0 Å². The minimum absolute atomic E-state index is 0.421. The molecule has 15 heavy (non-hydrogen) atoms. The Balaban J connectivity index is 2.93. The molecule has 0 saturated heterocycles. The Labute approximate surface area is 95.7 Å². The number of aromatic nitrogens is 1. The second-order valence-electron chi connectivity index (χ2n) is 3.27. The number of rotatable bonds is 0. The van der Waals surface area contributed by atoms with Crippen molar-refractivity contribution in [2.24, 2.45) is 0 Å². The molecule has 0 amide bonds. The van der Waals surface area contributed by atoms with Crippen LogP contribution in [-0.2, 0) is 0 Å². The SMILES string of the molecule is Cc1c(Br)ccc2c(N)c(C#N)cnc12. The van der Waals surface area contributed by atoms with Crippen molar-refractivity contribution in [2.45, 2.75) is 6.92 Å². The summed E-state index contributed by atoms with van der Waals surface area (Å²) in [7, 11) is 0. The molecule has 3 nitrogen and oxygen atoms in total. The van der Waals surface area contributed by atoms with Crippen molar-refractivity contribution in [3.63, 3.8) is 0 Å². The van der Waals surface area contributed by atoms with Crippen LogP contribution in [0, 0.1) is 18.3 Å². The van der Waals surface area contributed by atoms with Gasteiger partial charge >= 0.3 is 0 Å². The van der Waals surface area contributed by atoms with Crippen molar-refractivity contribution in [1.82, 2.24) is 4.98 Å². The van der Waals surface area contributed by atoms with Gasteiger partial charge in [0.15, 0.2) is 0 Å². The highest BCUT2D eigenvalue weighted by molar-refractivity contribution is 9.10. The lowest BCUT2D eigenvalue weighted by atomic mass is 10.1. The number of nitrogens with zero attached hydrogens (tertiary/aromatic N) is 2. The number of benzene rings is 1. The molecule has 0 saturated carbocycles. The van der Waals surface area contributed by atoms with Gasteiger partial charge in [-0.2, -0.15) is 5.26 Å². The van der Waals surface area contributed by atoms with Gasteiger partial charge in [0.25, 0.3) is 0 Å². The van der Waals surface area contributed by atoms with Gasteiger partial charge in [-0.05, 0) is 24.6 Å². The molecule has 0 bridgehead atoms. The van der Waals surface area contributed by atoms with Crippen LogP contribution in [0.5, 0.6) is 0 Å². The molecule has 74 valence electrons. The summed E-state index contributed by atoms with van der Waals surface area (Å²) in [5.74, 6) is 0. The van der Waals surface area contributed by atoms with Crippen LogP contribution >= 0.6 is 15.9 Å². The highest BCUT2D eigenvalue weighted by atomic mass is 79.9. The van der Waals surface area contributed by atoms with Crippen LogP contribution in [0.25, 0.3) is 10.9 Å². The van der Waals surface area contributed by atoms with Gasteiger partial charge in [0, 0.05) is 16.1 Å². The van der Waals surface area contributed by atoms with Crippen molar-refractivity contribution in [1.29, 1.82) is 5.26 Å². The molecule has 0 unspecified atom stereocenters. The average Bonchev–Trinajstić information content (AvgIpc) is 2.24. The van der Waals surface area contributed by atoms with Crippen LogP contribution in [0.3, 0.4) is 0 Å². The Morgan fingerprint density at radius 1 is 1.47 bits per heavy atom. The van der Waals surface area contributed by atoms with Crippen molar-refractivity contribution in [3.8, 4) is 6.07 Å². The van der Waals surface area contributed by atoms with E-state index in [4.69, 9.17) is 11.0 Å². The van der Waals surface area contributed by atoms with Gasteiger partial charge in [0.05, 0.1) is 16.8 Å². The molecule has 0 aliphatic carbocycles. The number of hydrogen-bond donors (Lipinski definition) is 1. The van der Waals surface area contributed by atoms with Crippen LogP contribution in [0.15, 0.2) is 22.8 Å². The predicted molar refractivity (Wildman–Crippen MR) is 63.3 cm³/mol. The summed E-state index contributed by atoms with van der Waals surface area (Å²) in [5.41, 5.74) is 8.65. The standard InChI is InChI=1S/C11H8BrN3/c1-6-9(12)3-2-8-10(14)7(4-13)5-15-11(6)8/h2-3,5H,1H3,(H2,14,15). The maximum absolute atomic E-state index is 8.82. The first-order chi connectivity index (χ1) is 7.15. The number of pyridine rings is 1. The third kappa shape index (κ3) is 1.45. The van der Waals surface area contributed by atoms with Gasteiger partial charge in [-0.25, -0.2) is 0 Å². The molecule has 2 N–H and O–H groups in total. The lowest BCUT2D eigenvalue weighted by Gasteiger charge is -2.06. The van der Waals surface area contributed by atoms with Gasteiger partial charge in [-0.1, -0.05) is 15.9 Å². The minimum atomic E-state index is 0.421. The number of halogens is 1. The predicted octanol–water partition coefficient (Wildman–Crippen LogP) is 2.76. The minimum Gasteiger partial charge on any atom is -0.397 e. The fourth-order valence-corrected chi connectivity index (χ4v) is 1.81. The van der Waals surface area contributed by atoms with E-state index in [1.54, 1.807) is 0 Å². The Bertz CT molecular complexity index is 584. The zero-order valence-electron chi connectivity index (χ0n) is 8.08. The smallest absolute Gasteiger partial charge is 0.103 e. The molecule has 0 spiro atoms. The van der Waals surface area contributed by atoms with Crippen molar-refractivity contribution in [2.75, 3.05) is 5.73 Å². The molecule has 1 aromatic heterocycles. The molecule has 0 aliphatic heterocycles. The topological polar surface area (TPSA) is 62.7 Å². The van der Waals surface area contributed by atoms with Crippen molar-refractivity contribution < 1.29 is 0 Å². The van der Waals surface area contributed by atoms with E-state index in [0.29, 0.717) is 11.3 Å². The van der Waals surface area contributed by atoms with Gasteiger partial charge in [-0.15, -0.1) is 0 Å². The van der Waals surface area contributed by atoms with E-state index >= 15 is 0 Å². The van der Waals surface area contributed by atoms with E-state index in [1.807, 2.05) is 25.1 Å². The quantitative estimate of drug-likeness (QED) is 0.793. The molecule has 0 fully saturated rings. The number of anilines is 1. The molecule has 2 rings (SSSR count). The highest BCUT2D eigenvalue weighted by Crippen LogP contribution is 2.28. The van der Waals surface area contributed by atoms with E-state index in [9.17, 15) is 0 Å². The fraction of sp³-hybridized carbons (Fsp3) is 0.0909. The lowest BCUT2D eigenvalue weighted by Crippen LogP contribution is -1.95. The molecular formula is C11H8BrN3. The highest BCUT2D eigenvalue weighted by Gasteiger charge is 2.08. The Morgan fingerprint density at radius 2 is 2.20 bits per heavy atom. The number of nitrogen functional groups attached to an aromatic ring is 1. The van der Waals surface area contributed by atoms with E-state index in [1.165, 1.54) is 6.20 Å². The summed E-state index contributed by atoms with van der Waals surface area (Å²) in [6.07, 6.45) is 1.51. The molecule has 1 aromatic carbocycles. The number of aryl methyl sites for hydroxylation is 1. The lowest BCUT2D eigenvalue weighted by molar-refractivity contribution is 1.33. The first kappa shape index (κ1) is 9.94. The van der Waals surface area contributed by atoms with Gasteiger partial charge in [0.2, 0.25) is 0 Å². The van der Waals surface area contributed by atoms with Crippen LogP contribution in [0.4, 0.5) is 5.69 Å². The Kier molecular flexibility index (Phi) is 2.33. The largest absolute Gasteiger partial charge is 0.397 e. The zero-order chi connectivity index (χ0) is 11.0. The average molecular weight is 262 g/mol. The molecule has 0 atom stereocenters. The van der Waals surface area contributed by atoms with Gasteiger partial charge in [0.1, 0.15) is 6.07 Å². The third-order valence-corrected chi connectivity index (χ3v) is 3.25. The van der Waals surface area contributed by atoms with E-state index in [0.717, 1.165) is 20.9 Å². The monoisotopic (exact) mass is 261 g/mol. The number of hydrogen-bond acceptors (Lipinski definition) is 3. The first-order valence-corrected chi connectivity index (χ1v) is 5.18. The van der Waals surface area contributed by atoms with Crippen LogP contribution in [-0.4, -0.2) is 4.98 Å². The number of fused-ring (bicyclic) bond motifs is 1. The summed E-state index contributed by atoms with van der Waals surface area (Å²) < 4.78 is 0.992. The van der Waals surface area contributed by atoms with Crippen LogP contribution in [0.1, 0.15) is 11.1 Å². The first-order valence-electron chi connectivity index (χ1n) is 4.38.